The highest BCUT2D eigenvalue weighted by molar-refractivity contribution is 6.31. The minimum absolute atomic E-state index is 0.287. The molecule has 2 aromatic rings. The molecule has 0 saturated carbocycles. The van der Waals surface area contributed by atoms with Crippen LogP contribution in [-0.2, 0) is 0 Å². The third-order valence-corrected chi connectivity index (χ3v) is 3.64. The number of ether oxygens (including phenoxy) is 1. The van der Waals surface area contributed by atoms with Crippen molar-refractivity contribution < 1.29 is 9.13 Å². The molecule has 1 unspecified atom stereocenters. The van der Waals surface area contributed by atoms with E-state index in [4.69, 9.17) is 39.5 Å². The van der Waals surface area contributed by atoms with Crippen molar-refractivity contribution in [2.75, 3.05) is 7.11 Å². The normalized spacial score (nSPS) is 12.3. The third-order valence-electron chi connectivity index (χ3n) is 2.70. The van der Waals surface area contributed by atoms with Gasteiger partial charge in [0.25, 0.3) is 0 Å². The molecule has 0 aromatic heterocycles. The second-order valence-corrected chi connectivity index (χ2v) is 5.22. The minimum atomic E-state index is -0.729. The lowest BCUT2D eigenvalue weighted by atomic mass is 10.0. The molecule has 0 heterocycles. The van der Waals surface area contributed by atoms with Gasteiger partial charge >= 0.3 is 0 Å². The summed E-state index contributed by atoms with van der Waals surface area (Å²) in [5.74, 6) is 0.121. The fourth-order valence-electron chi connectivity index (χ4n) is 1.78. The second-order valence-electron chi connectivity index (χ2n) is 3.91. The molecule has 0 aliphatic carbocycles. The average Bonchev–Trinajstić information content (AvgIpc) is 2.40. The first-order chi connectivity index (χ1) is 9.02. The molecule has 0 amide bonds. The van der Waals surface area contributed by atoms with E-state index in [1.807, 2.05) is 0 Å². The van der Waals surface area contributed by atoms with E-state index in [2.05, 4.69) is 0 Å². The van der Waals surface area contributed by atoms with Crippen LogP contribution in [0.15, 0.2) is 36.4 Å². The van der Waals surface area contributed by atoms with Gasteiger partial charge in [-0.3, -0.25) is 0 Å². The standard InChI is InChI=1S/C14H10Cl3FO/c1-19-13-5-3-9(16)7-11(13)14(17)10-6-8(15)2-4-12(10)18/h2-7,14H,1H3. The summed E-state index contributed by atoms with van der Waals surface area (Å²) in [6.07, 6.45) is 0. The van der Waals surface area contributed by atoms with Gasteiger partial charge in [0.05, 0.1) is 12.5 Å². The molecule has 19 heavy (non-hydrogen) atoms. The molecule has 0 saturated heterocycles. The number of methoxy groups -OCH3 is 1. The van der Waals surface area contributed by atoms with Gasteiger partial charge in [-0.15, -0.1) is 11.6 Å². The lowest BCUT2D eigenvalue weighted by Crippen LogP contribution is -2.00. The largest absolute Gasteiger partial charge is 0.496 e. The lowest BCUT2D eigenvalue weighted by Gasteiger charge is -2.15. The van der Waals surface area contributed by atoms with Gasteiger partial charge in [-0.25, -0.2) is 4.39 Å². The Kier molecular flexibility index (Phi) is 4.56. The Morgan fingerprint density at radius 3 is 2.21 bits per heavy atom. The number of alkyl halides is 1. The van der Waals surface area contributed by atoms with Crippen LogP contribution in [0.1, 0.15) is 16.5 Å². The van der Waals surface area contributed by atoms with Crippen molar-refractivity contribution in [3.05, 3.63) is 63.4 Å². The van der Waals surface area contributed by atoms with Crippen LogP contribution in [0, 0.1) is 5.82 Å². The maximum absolute atomic E-state index is 13.8. The molecule has 5 heteroatoms. The summed E-state index contributed by atoms with van der Waals surface area (Å²) in [7, 11) is 1.52. The first kappa shape index (κ1) is 14.4. The zero-order chi connectivity index (χ0) is 14.0. The summed E-state index contributed by atoms with van der Waals surface area (Å²) in [5.41, 5.74) is 0.882. The van der Waals surface area contributed by atoms with E-state index in [0.29, 0.717) is 21.4 Å². The number of rotatable bonds is 3. The van der Waals surface area contributed by atoms with Gasteiger partial charge in [0.2, 0.25) is 0 Å². The molecule has 0 fully saturated rings. The molecule has 0 bridgehead atoms. The Morgan fingerprint density at radius 2 is 1.58 bits per heavy atom. The SMILES string of the molecule is COc1ccc(Cl)cc1C(Cl)c1cc(Cl)ccc1F. The van der Waals surface area contributed by atoms with Gasteiger partial charge in [-0.05, 0) is 36.4 Å². The second kappa shape index (κ2) is 6.00. The van der Waals surface area contributed by atoms with E-state index in [9.17, 15) is 4.39 Å². The zero-order valence-electron chi connectivity index (χ0n) is 9.96. The average molecular weight is 320 g/mol. The van der Waals surface area contributed by atoms with Crippen molar-refractivity contribution in [1.29, 1.82) is 0 Å². The molecule has 100 valence electrons. The predicted molar refractivity (Wildman–Crippen MR) is 77.1 cm³/mol. The quantitative estimate of drug-likeness (QED) is 0.682. The predicted octanol–water partition coefficient (Wildman–Crippen LogP) is 5.47. The molecule has 0 aliphatic heterocycles. The van der Waals surface area contributed by atoms with Crippen molar-refractivity contribution in [2.45, 2.75) is 5.38 Å². The van der Waals surface area contributed by atoms with E-state index in [-0.39, 0.29) is 5.56 Å². The Labute approximate surface area is 125 Å². The maximum Gasteiger partial charge on any atom is 0.128 e. The van der Waals surface area contributed by atoms with Crippen molar-refractivity contribution in [2.24, 2.45) is 0 Å². The van der Waals surface area contributed by atoms with Crippen molar-refractivity contribution in [1.82, 2.24) is 0 Å². The van der Waals surface area contributed by atoms with Crippen LogP contribution in [0.2, 0.25) is 10.0 Å². The Morgan fingerprint density at radius 1 is 1.00 bits per heavy atom. The summed E-state index contributed by atoms with van der Waals surface area (Å²) < 4.78 is 19.0. The monoisotopic (exact) mass is 318 g/mol. The summed E-state index contributed by atoms with van der Waals surface area (Å²) in [4.78, 5) is 0. The van der Waals surface area contributed by atoms with Crippen molar-refractivity contribution in [3.8, 4) is 5.75 Å². The maximum atomic E-state index is 13.8. The third kappa shape index (κ3) is 3.14. The van der Waals surface area contributed by atoms with E-state index in [1.54, 1.807) is 18.2 Å². The number of benzene rings is 2. The minimum Gasteiger partial charge on any atom is -0.496 e. The summed E-state index contributed by atoms with van der Waals surface area (Å²) in [6.45, 7) is 0. The van der Waals surface area contributed by atoms with Crippen LogP contribution in [0.3, 0.4) is 0 Å². The fraction of sp³-hybridized carbons (Fsp3) is 0.143. The number of hydrogen-bond donors (Lipinski definition) is 0. The van der Waals surface area contributed by atoms with Crippen LogP contribution in [0.25, 0.3) is 0 Å². The molecule has 2 rings (SSSR count). The van der Waals surface area contributed by atoms with E-state index < -0.39 is 11.2 Å². The molecule has 0 N–H and O–H groups in total. The smallest absolute Gasteiger partial charge is 0.128 e. The van der Waals surface area contributed by atoms with E-state index in [0.717, 1.165) is 0 Å². The Bertz CT molecular complexity index is 601. The molecule has 0 spiro atoms. The highest BCUT2D eigenvalue weighted by Gasteiger charge is 2.20. The highest BCUT2D eigenvalue weighted by atomic mass is 35.5. The molecule has 0 aliphatic rings. The van der Waals surface area contributed by atoms with Gasteiger partial charge in [0.15, 0.2) is 0 Å². The van der Waals surface area contributed by atoms with Crippen LogP contribution >= 0.6 is 34.8 Å². The highest BCUT2D eigenvalue weighted by Crippen LogP contribution is 2.38. The van der Waals surface area contributed by atoms with Gasteiger partial charge < -0.3 is 4.74 Å². The van der Waals surface area contributed by atoms with Gasteiger partial charge in [0, 0.05) is 21.2 Å². The van der Waals surface area contributed by atoms with Crippen LogP contribution in [0.4, 0.5) is 4.39 Å². The number of halogens is 4. The molecule has 2 aromatic carbocycles. The molecule has 1 atom stereocenters. The molecule has 1 nitrogen and oxygen atoms in total. The first-order valence-electron chi connectivity index (χ1n) is 5.45. The van der Waals surface area contributed by atoms with Crippen molar-refractivity contribution in [3.63, 3.8) is 0 Å². The van der Waals surface area contributed by atoms with Gasteiger partial charge in [0.1, 0.15) is 11.6 Å². The molecular formula is C14H10Cl3FO. The topological polar surface area (TPSA) is 9.23 Å². The van der Waals surface area contributed by atoms with Crippen LogP contribution < -0.4 is 4.74 Å². The summed E-state index contributed by atoms with van der Waals surface area (Å²) in [6, 6.07) is 9.27. The fourth-order valence-corrected chi connectivity index (χ4v) is 2.48. The lowest BCUT2D eigenvalue weighted by molar-refractivity contribution is 0.410. The molecular weight excluding hydrogens is 310 g/mol. The van der Waals surface area contributed by atoms with E-state index >= 15 is 0 Å². The van der Waals surface area contributed by atoms with Gasteiger partial charge in [-0.1, -0.05) is 23.2 Å². The molecule has 0 radical (unpaired) electrons. The van der Waals surface area contributed by atoms with Crippen molar-refractivity contribution >= 4 is 34.8 Å². The zero-order valence-corrected chi connectivity index (χ0v) is 12.2. The first-order valence-corrected chi connectivity index (χ1v) is 6.64. The number of hydrogen-bond acceptors (Lipinski definition) is 1. The Hall–Kier alpha value is -0.960. The Balaban J connectivity index is 2.51. The summed E-state index contributed by atoms with van der Waals surface area (Å²) in [5, 5.41) is 0.194. The van der Waals surface area contributed by atoms with Crippen LogP contribution in [-0.4, -0.2) is 7.11 Å². The van der Waals surface area contributed by atoms with Gasteiger partial charge in [-0.2, -0.15) is 0 Å². The van der Waals surface area contributed by atoms with Crippen LogP contribution in [0.5, 0.6) is 5.75 Å². The summed E-state index contributed by atoms with van der Waals surface area (Å²) >= 11 is 18.1. The van der Waals surface area contributed by atoms with E-state index in [1.165, 1.54) is 25.3 Å².